The Bertz CT molecular complexity index is 790. The van der Waals surface area contributed by atoms with Crippen LogP contribution < -0.4 is 4.74 Å². The maximum Gasteiger partial charge on any atom is 0.414 e. The van der Waals surface area contributed by atoms with Gasteiger partial charge in [-0.25, -0.2) is 4.79 Å². The van der Waals surface area contributed by atoms with Gasteiger partial charge in [0.2, 0.25) is 0 Å². The number of ether oxygens (including phenoxy) is 2. The maximum absolute atomic E-state index is 12.2. The van der Waals surface area contributed by atoms with Crippen molar-refractivity contribution in [1.82, 2.24) is 9.47 Å². The van der Waals surface area contributed by atoms with Crippen molar-refractivity contribution in [2.24, 2.45) is 0 Å². The summed E-state index contributed by atoms with van der Waals surface area (Å²) in [5.74, 6) is 1.96. The van der Waals surface area contributed by atoms with Gasteiger partial charge in [0.05, 0.1) is 11.4 Å². The minimum atomic E-state index is -0.412. The molecule has 0 aliphatic carbocycles. The molecule has 2 heterocycles. The van der Waals surface area contributed by atoms with Gasteiger partial charge in [-0.1, -0.05) is 31.9 Å². The number of benzene rings is 1. The smallest absolute Gasteiger partial charge is 0.414 e. The van der Waals surface area contributed by atoms with Gasteiger partial charge in [0, 0.05) is 26.7 Å². The van der Waals surface area contributed by atoms with Gasteiger partial charge in [-0.15, -0.1) is 0 Å². The molecule has 1 aliphatic heterocycles. The molecule has 0 radical (unpaired) electrons. The topological polar surface area (TPSA) is 43.7 Å². The molecule has 1 aromatic heterocycles. The fourth-order valence-corrected chi connectivity index (χ4v) is 2.83. The lowest BCUT2D eigenvalue weighted by Gasteiger charge is -2.16. The number of carbonyl (C=O) groups is 1. The monoisotopic (exact) mass is 340 g/mol. The van der Waals surface area contributed by atoms with Crippen molar-refractivity contribution < 1.29 is 14.3 Å². The van der Waals surface area contributed by atoms with Crippen LogP contribution in [0, 0.1) is 0 Å². The Hall–Kier alpha value is -2.69. The highest BCUT2D eigenvalue weighted by molar-refractivity contribution is 5.78. The van der Waals surface area contributed by atoms with Crippen molar-refractivity contribution in [3.8, 4) is 11.4 Å². The van der Waals surface area contributed by atoms with Crippen molar-refractivity contribution in [3.63, 3.8) is 0 Å². The second-order valence-corrected chi connectivity index (χ2v) is 6.31. The number of allylic oxidation sites excluding steroid dienone is 1. The van der Waals surface area contributed by atoms with E-state index in [-0.39, 0.29) is 0 Å². The number of hydrogen-bond donors (Lipinski definition) is 0. The van der Waals surface area contributed by atoms with Gasteiger partial charge >= 0.3 is 6.09 Å². The molecule has 0 N–H and O–H groups in total. The van der Waals surface area contributed by atoms with Crippen LogP contribution in [0.25, 0.3) is 11.4 Å². The third-order valence-corrected chi connectivity index (χ3v) is 4.15. The molecule has 0 bridgehead atoms. The zero-order valence-corrected chi connectivity index (χ0v) is 15.0. The molecule has 3 rings (SSSR count). The fraction of sp³-hybridized carbons (Fsp3) is 0.350. The fourth-order valence-electron chi connectivity index (χ4n) is 2.83. The average Bonchev–Trinajstić information content (AvgIpc) is 3.04. The van der Waals surface area contributed by atoms with E-state index in [1.807, 2.05) is 47.2 Å². The summed E-state index contributed by atoms with van der Waals surface area (Å²) in [7, 11) is 3.34. The van der Waals surface area contributed by atoms with E-state index in [4.69, 9.17) is 9.47 Å². The number of fused-ring (bicyclic) bond motifs is 3. The van der Waals surface area contributed by atoms with Gasteiger partial charge in [-0.2, -0.15) is 0 Å². The van der Waals surface area contributed by atoms with E-state index in [2.05, 4.69) is 6.92 Å². The molecule has 1 aromatic carbocycles. The van der Waals surface area contributed by atoms with Crippen LogP contribution in [0.5, 0.6) is 5.75 Å². The largest absolute Gasteiger partial charge is 0.456 e. The molecule has 0 spiro atoms. The summed E-state index contributed by atoms with van der Waals surface area (Å²) in [4.78, 5) is 13.6. The van der Waals surface area contributed by atoms with E-state index >= 15 is 0 Å². The lowest BCUT2D eigenvalue weighted by Crippen LogP contribution is -2.23. The van der Waals surface area contributed by atoms with Crippen LogP contribution in [0.15, 0.2) is 48.4 Å². The van der Waals surface area contributed by atoms with E-state index in [0.717, 1.165) is 42.8 Å². The number of hydrogen-bond acceptors (Lipinski definition) is 3. The molecule has 0 unspecified atom stereocenters. The first-order valence-corrected chi connectivity index (χ1v) is 8.69. The molecule has 0 saturated heterocycles. The van der Waals surface area contributed by atoms with Crippen LogP contribution in [0.4, 0.5) is 4.79 Å². The zero-order valence-electron chi connectivity index (χ0n) is 15.0. The number of unbranched alkanes of at least 4 members (excludes halogenated alkanes) is 2. The normalized spacial score (nSPS) is 12.8. The van der Waals surface area contributed by atoms with Crippen molar-refractivity contribution in [2.75, 3.05) is 14.1 Å². The van der Waals surface area contributed by atoms with Crippen LogP contribution in [0.1, 0.15) is 38.3 Å². The zero-order chi connectivity index (χ0) is 17.8. The van der Waals surface area contributed by atoms with Gasteiger partial charge in [-0.3, -0.25) is 0 Å². The summed E-state index contributed by atoms with van der Waals surface area (Å²) in [6.45, 7) is 2.16. The maximum atomic E-state index is 12.2. The molecular weight excluding hydrogens is 316 g/mol. The summed E-state index contributed by atoms with van der Waals surface area (Å²) in [5, 5.41) is 0. The SMILES string of the molecule is CCCCCC1=C(OC(=O)N(C)C)c2cccn2-c2ccccc2O1. The lowest BCUT2D eigenvalue weighted by atomic mass is 10.1. The number of amides is 1. The van der Waals surface area contributed by atoms with Crippen LogP contribution in [-0.2, 0) is 4.74 Å². The highest BCUT2D eigenvalue weighted by Gasteiger charge is 2.26. The van der Waals surface area contributed by atoms with E-state index in [0.29, 0.717) is 11.5 Å². The first-order valence-electron chi connectivity index (χ1n) is 8.69. The summed E-state index contributed by atoms with van der Waals surface area (Å²) >= 11 is 0. The predicted octanol–water partition coefficient (Wildman–Crippen LogP) is 4.82. The third-order valence-electron chi connectivity index (χ3n) is 4.15. The van der Waals surface area contributed by atoms with Gasteiger partial charge in [-0.05, 0) is 30.7 Å². The Morgan fingerprint density at radius 2 is 1.96 bits per heavy atom. The molecule has 0 saturated carbocycles. The van der Waals surface area contributed by atoms with E-state index in [1.165, 1.54) is 4.90 Å². The molecular formula is C20H24N2O3. The Kier molecular flexibility index (Phi) is 5.12. The van der Waals surface area contributed by atoms with Crippen molar-refractivity contribution in [3.05, 3.63) is 54.0 Å². The first-order chi connectivity index (χ1) is 12.1. The Labute approximate surface area is 148 Å². The van der Waals surface area contributed by atoms with Crippen LogP contribution >= 0.6 is 0 Å². The van der Waals surface area contributed by atoms with E-state index in [1.54, 1.807) is 14.1 Å². The predicted molar refractivity (Wildman–Crippen MR) is 97.6 cm³/mol. The number of carbonyl (C=O) groups excluding carboxylic acids is 1. The first kappa shape index (κ1) is 17.1. The van der Waals surface area contributed by atoms with Gasteiger partial charge in [0.15, 0.2) is 11.5 Å². The lowest BCUT2D eigenvalue weighted by molar-refractivity contribution is 0.160. The molecule has 2 aromatic rings. The highest BCUT2D eigenvalue weighted by atomic mass is 16.6. The Morgan fingerprint density at radius 1 is 1.16 bits per heavy atom. The van der Waals surface area contributed by atoms with E-state index < -0.39 is 6.09 Å². The molecule has 25 heavy (non-hydrogen) atoms. The molecule has 0 fully saturated rings. The Balaban J connectivity index is 2.08. The van der Waals surface area contributed by atoms with Gasteiger partial charge in [0.25, 0.3) is 0 Å². The van der Waals surface area contributed by atoms with Crippen molar-refractivity contribution >= 4 is 11.9 Å². The number of aromatic nitrogens is 1. The molecule has 0 atom stereocenters. The molecule has 1 amide bonds. The van der Waals surface area contributed by atoms with Crippen molar-refractivity contribution in [2.45, 2.75) is 32.6 Å². The molecule has 132 valence electrons. The summed E-state index contributed by atoms with van der Waals surface area (Å²) < 4.78 is 13.9. The van der Waals surface area contributed by atoms with Crippen LogP contribution in [0.3, 0.4) is 0 Å². The number of nitrogens with zero attached hydrogens (tertiary/aromatic N) is 2. The standard InChI is InChI=1S/C20H24N2O3/c1-4-5-6-13-18-19(25-20(23)21(2)3)16-11-9-14-22(16)15-10-7-8-12-17(15)24-18/h7-12,14H,4-6,13H2,1-3H3. The minimum Gasteiger partial charge on any atom is -0.456 e. The minimum absolute atomic E-state index is 0.412. The quantitative estimate of drug-likeness (QED) is 0.733. The summed E-state index contributed by atoms with van der Waals surface area (Å²) in [6.07, 6.45) is 5.47. The molecule has 1 aliphatic rings. The third kappa shape index (κ3) is 3.55. The average molecular weight is 340 g/mol. The number of para-hydroxylation sites is 2. The summed E-state index contributed by atoms with van der Waals surface area (Å²) in [5.41, 5.74) is 1.76. The Morgan fingerprint density at radius 3 is 2.72 bits per heavy atom. The second kappa shape index (κ2) is 7.47. The molecule has 5 heteroatoms. The van der Waals surface area contributed by atoms with Crippen molar-refractivity contribution in [1.29, 1.82) is 0 Å². The van der Waals surface area contributed by atoms with Crippen LogP contribution in [0.2, 0.25) is 0 Å². The summed E-state index contributed by atoms with van der Waals surface area (Å²) in [6, 6.07) is 11.8. The second-order valence-electron chi connectivity index (χ2n) is 6.31. The van der Waals surface area contributed by atoms with Crippen LogP contribution in [-0.4, -0.2) is 29.7 Å². The van der Waals surface area contributed by atoms with E-state index in [9.17, 15) is 4.79 Å². The highest BCUT2D eigenvalue weighted by Crippen LogP contribution is 2.36. The molecule has 5 nitrogen and oxygen atoms in total. The number of rotatable bonds is 5. The van der Waals surface area contributed by atoms with Gasteiger partial charge in [0.1, 0.15) is 5.76 Å². The van der Waals surface area contributed by atoms with Gasteiger partial charge < -0.3 is 18.9 Å².